The summed E-state index contributed by atoms with van der Waals surface area (Å²) in [5.74, 6) is 0.387. The molecule has 1 unspecified atom stereocenters. The fraction of sp³-hybridized carbons (Fsp3) is 0.833. The molecule has 0 aromatic carbocycles. The summed E-state index contributed by atoms with van der Waals surface area (Å²) in [6.07, 6.45) is 5.03. The molecule has 0 spiro atoms. The molecule has 2 fully saturated rings. The number of nitriles is 1. The minimum Gasteiger partial charge on any atom is -0.355 e. The van der Waals surface area contributed by atoms with E-state index in [0.717, 1.165) is 51.7 Å². The first-order chi connectivity index (χ1) is 7.81. The third-order valence-corrected chi connectivity index (χ3v) is 3.66. The monoisotopic (exact) mass is 221 g/mol. The van der Waals surface area contributed by atoms with E-state index in [4.69, 9.17) is 5.26 Å². The lowest BCUT2D eigenvalue weighted by Gasteiger charge is -2.34. The molecule has 4 nitrogen and oxygen atoms in total. The van der Waals surface area contributed by atoms with Gasteiger partial charge in [-0.3, -0.25) is 9.69 Å². The van der Waals surface area contributed by atoms with Gasteiger partial charge in [-0.15, -0.1) is 0 Å². The number of carbonyl (C=O) groups is 1. The van der Waals surface area contributed by atoms with Gasteiger partial charge in [0.15, 0.2) is 0 Å². The van der Waals surface area contributed by atoms with Crippen LogP contribution in [0.25, 0.3) is 0 Å². The highest BCUT2D eigenvalue weighted by atomic mass is 16.2. The normalized spacial score (nSPS) is 29.2. The molecule has 2 saturated heterocycles. The van der Waals surface area contributed by atoms with Gasteiger partial charge in [-0.2, -0.15) is 5.26 Å². The van der Waals surface area contributed by atoms with Gasteiger partial charge >= 0.3 is 0 Å². The molecule has 0 bridgehead atoms. The summed E-state index contributed by atoms with van der Waals surface area (Å²) in [6.45, 7) is 2.62. The second kappa shape index (κ2) is 5.31. The molecule has 2 heterocycles. The smallest absolute Gasteiger partial charge is 0.237 e. The summed E-state index contributed by atoms with van der Waals surface area (Å²) in [5.41, 5.74) is 0. The van der Waals surface area contributed by atoms with Gasteiger partial charge in [-0.05, 0) is 32.1 Å². The average molecular weight is 221 g/mol. The van der Waals surface area contributed by atoms with Gasteiger partial charge in [-0.25, -0.2) is 0 Å². The maximum absolute atomic E-state index is 11.8. The van der Waals surface area contributed by atoms with E-state index in [2.05, 4.69) is 16.3 Å². The summed E-state index contributed by atoms with van der Waals surface area (Å²) >= 11 is 0. The molecule has 0 saturated carbocycles. The van der Waals surface area contributed by atoms with E-state index in [1.54, 1.807) is 0 Å². The van der Waals surface area contributed by atoms with Crippen LogP contribution in [0.15, 0.2) is 0 Å². The maximum atomic E-state index is 11.8. The predicted molar refractivity (Wildman–Crippen MR) is 60.6 cm³/mol. The Hall–Kier alpha value is -1.08. The number of rotatable bonds is 1. The Morgan fingerprint density at radius 3 is 2.69 bits per heavy atom. The van der Waals surface area contributed by atoms with Crippen molar-refractivity contribution in [3.05, 3.63) is 0 Å². The van der Waals surface area contributed by atoms with Crippen LogP contribution in [-0.2, 0) is 4.79 Å². The maximum Gasteiger partial charge on any atom is 0.237 e. The van der Waals surface area contributed by atoms with Crippen molar-refractivity contribution in [3.8, 4) is 6.07 Å². The molecule has 0 aromatic heterocycles. The molecule has 88 valence electrons. The van der Waals surface area contributed by atoms with Crippen LogP contribution in [0.4, 0.5) is 0 Å². The largest absolute Gasteiger partial charge is 0.355 e. The number of hydrogen-bond donors (Lipinski definition) is 1. The minimum atomic E-state index is 0.0575. The van der Waals surface area contributed by atoms with E-state index in [0.29, 0.717) is 0 Å². The lowest BCUT2D eigenvalue weighted by atomic mass is 9.96. The van der Waals surface area contributed by atoms with Crippen LogP contribution < -0.4 is 5.32 Å². The first kappa shape index (κ1) is 11.4. The molecular formula is C12H19N3O. The van der Waals surface area contributed by atoms with Gasteiger partial charge in [0, 0.05) is 25.6 Å². The Bertz CT molecular complexity index is 289. The van der Waals surface area contributed by atoms with Crippen molar-refractivity contribution in [3.63, 3.8) is 0 Å². The summed E-state index contributed by atoms with van der Waals surface area (Å²) in [5, 5.41) is 11.8. The summed E-state index contributed by atoms with van der Waals surface area (Å²) in [4.78, 5) is 14.1. The average Bonchev–Trinajstić information content (AvgIpc) is 2.54. The summed E-state index contributed by atoms with van der Waals surface area (Å²) in [6, 6.07) is 2.38. The molecule has 1 amide bonds. The molecule has 2 aliphatic heterocycles. The highest BCUT2D eigenvalue weighted by molar-refractivity contribution is 5.81. The van der Waals surface area contributed by atoms with Crippen LogP contribution in [0.3, 0.4) is 0 Å². The lowest BCUT2D eigenvalue weighted by Crippen LogP contribution is -2.48. The van der Waals surface area contributed by atoms with Crippen LogP contribution in [0, 0.1) is 17.2 Å². The summed E-state index contributed by atoms with van der Waals surface area (Å²) in [7, 11) is 0. The van der Waals surface area contributed by atoms with Crippen molar-refractivity contribution in [2.75, 3.05) is 19.6 Å². The fourth-order valence-electron chi connectivity index (χ4n) is 2.61. The predicted octanol–water partition coefficient (Wildman–Crippen LogP) is 0.891. The van der Waals surface area contributed by atoms with Gasteiger partial charge < -0.3 is 5.32 Å². The Morgan fingerprint density at radius 2 is 2.00 bits per heavy atom. The quantitative estimate of drug-likeness (QED) is 0.715. The molecule has 1 N–H and O–H groups in total. The molecule has 16 heavy (non-hydrogen) atoms. The van der Waals surface area contributed by atoms with Crippen LogP contribution in [0.2, 0.25) is 0 Å². The van der Waals surface area contributed by atoms with Crippen LogP contribution in [-0.4, -0.2) is 36.5 Å². The van der Waals surface area contributed by atoms with Crippen molar-refractivity contribution in [1.82, 2.24) is 10.2 Å². The van der Waals surface area contributed by atoms with Crippen molar-refractivity contribution in [2.24, 2.45) is 5.92 Å². The topological polar surface area (TPSA) is 56.1 Å². The zero-order valence-corrected chi connectivity index (χ0v) is 9.61. The van der Waals surface area contributed by atoms with Gasteiger partial charge in [-0.1, -0.05) is 0 Å². The molecule has 1 atom stereocenters. The van der Waals surface area contributed by atoms with E-state index in [1.165, 1.54) is 0 Å². The highest BCUT2D eigenvalue weighted by Gasteiger charge is 2.30. The molecule has 0 radical (unpaired) electrons. The van der Waals surface area contributed by atoms with Crippen molar-refractivity contribution in [1.29, 1.82) is 5.26 Å². The molecule has 4 heteroatoms. The third-order valence-electron chi connectivity index (χ3n) is 3.66. The van der Waals surface area contributed by atoms with E-state index in [1.807, 2.05) is 0 Å². The number of piperidine rings is 1. The third kappa shape index (κ3) is 2.53. The molecular weight excluding hydrogens is 202 g/mol. The first-order valence-electron chi connectivity index (χ1n) is 6.22. The number of amides is 1. The van der Waals surface area contributed by atoms with Crippen molar-refractivity contribution >= 4 is 5.91 Å². The van der Waals surface area contributed by atoms with Crippen molar-refractivity contribution in [2.45, 2.75) is 38.1 Å². The van der Waals surface area contributed by atoms with Crippen molar-refractivity contribution < 1.29 is 4.79 Å². The van der Waals surface area contributed by atoms with Gasteiger partial charge in [0.1, 0.15) is 0 Å². The SMILES string of the molecule is N#CC1CCN(C2CCCCNC2=O)CC1. The number of nitrogens with zero attached hydrogens (tertiary/aromatic N) is 2. The van der Waals surface area contributed by atoms with E-state index in [9.17, 15) is 4.79 Å². The zero-order valence-electron chi connectivity index (χ0n) is 9.61. The molecule has 0 aromatic rings. The van der Waals surface area contributed by atoms with E-state index < -0.39 is 0 Å². The Kier molecular flexibility index (Phi) is 3.79. The van der Waals surface area contributed by atoms with Crippen LogP contribution in [0.5, 0.6) is 0 Å². The van der Waals surface area contributed by atoms with Crippen LogP contribution >= 0.6 is 0 Å². The Balaban J connectivity index is 1.92. The lowest BCUT2D eigenvalue weighted by molar-refractivity contribution is -0.126. The van der Waals surface area contributed by atoms with Crippen LogP contribution in [0.1, 0.15) is 32.1 Å². The molecule has 0 aliphatic carbocycles. The molecule has 2 rings (SSSR count). The van der Waals surface area contributed by atoms with E-state index in [-0.39, 0.29) is 17.9 Å². The number of carbonyl (C=O) groups excluding carboxylic acids is 1. The highest BCUT2D eigenvalue weighted by Crippen LogP contribution is 2.21. The second-order valence-electron chi connectivity index (χ2n) is 4.74. The minimum absolute atomic E-state index is 0.0575. The fourth-order valence-corrected chi connectivity index (χ4v) is 2.61. The van der Waals surface area contributed by atoms with Gasteiger partial charge in [0.2, 0.25) is 5.91 Å². The first-order valence-corrected chi connectivity index (χ1v) is 6.22. The number of hydrogen-bond acceptors (Lipinski definition) is 3. The van der Waals surface area contributed by atoms with Gasteiger partial charge in [0.25, 0.3) is 0 Å². The zero-order chi connectivity index (χ0) is 11.4. The van der Waals surface area contributed by atoms with E-state index >= 15 is 0 Å². The summed E-state index contributed by atoms with van der Waals surface area (Å²) < 4.78 is 0. The Labute approximate surface area is 96.6 Å². The number of nitrogens with one attached hydrogen (secondary N) is 1. The number of likely N-dealkylation sites (tertiary alicyclic amines) is 1. The second-order valence-corrected chi connectivity index (χ2v) is 4.74. The Morgan fingerprint density at radius 1 is 1.25 bits per heavy atom. The van der Waals surface area contributed by atoms with Gasteiger partial charge in [0.05, 0.1) is 12.1 Å². The molecule has 2 aliphatic rings. The standard InChI is InChI=1S/C12H19N3O/c13-9-10-4-7-15(8-5-10)11-3-1-2-6-14-12(11)16/h10-11H,1-8H2,(H,14,16).